The summed E-state index contributed by atoms with van der Waals surface area (Å²) in [5, 5.41) is 13.9. The number of nitrogens with zero attached hydrogens (tertiary/aromatic N) is 3. The van der Waals surface area contributed by atoms with Gasteiger partial charge < -0.3 is 25.3 Å². The maximum atomic E-state index is 12.4. The van der Waals surface area contributed by atoms with Crippen molar-refractivity contribution in [1.82, 2.24) is 14.1 Å². The highest BCUT2D eigenvalue weighted by molar-refractivity contribution is 5.94. The van der Waals surface area contributed by atoms with Crippen molar-refractivity contribution >= 4 is 28.4 Å². The van der Waals surface area contributed by atoms with Gasteiger partial charge in [-0.05, 0) is 42.0 Å². The van der Waals surface area contributed by atoms with Crippen LogP contribution in [0.2, 0.25) is 0 Å². The Labute approximate surface area is 191 Å². The summed E-state index contributed by atoms with van der Waals surface area (Å²) in [5.74, 6) is -0.623. The molecule has 0 aliphatic carbocycles. The minimum atomic E-state index is -0.597. The molecule has 2 aromatic heterocycles. The van der Waals surface area contributed by atoms with Crippen LogP contribution < -0.4 is 11.1 Å². The van der Waals surface area contributed by atoms with E-state index in [1.807, 2.05) is 60.8 Å². The number of nitrogens with two attached hydrogens (primary N) is 1. The van der Waals surface area contributed by atoms with Gasteiger partial charge >= 0.3 is 0 Å². The number of anilines is 1. The van der Waals surface area contributed by atoms with Crippen LogP contribution in [-0.4, -0.2) is 37.6 Å². The van der Waals surface area contributed by atoms with Crippen molar-refractivity contribution in [2.75, 3.05) is 11.9 Å². The van der Waals surface area contributed by atoms with Gasteiger partial charge in [0.05, 0.1) is 24.5 Å². The summed E-state index contributed by atoms with van der Waals surface area (Å²) in [6.07, 6.45) is 6.79. The number of hydrogen-bond acceptors (Lipinski definition) is 4. The molecule has 2 amide bonds. The average Bonchev–Trinajstić information content (AvgIpc) is 3.47. The van der Waals surface area contributed by atoms with E-state index in [9.17, 15) is 14.7 Å². The summed E-state index contributed by atoms with van der Waals surface area (Å²) < 4.78 is 3.80. The van der Waals surface area contributed by atoms with Gasteiger partial charge in [0.15, 0.2) is 0 Å². The topological polar surface area (TPSA) is 115 Å². The van der Waals surface area contributed by atoms with E-state index in [2.05, 4.69) is 14.9 Å². The van der Waals surface area contributed by atoms with Gasteiger partial charge in [-0.1, -0.05) is 36.4 Å². The Bertz CT molecular complexity index is 1250. The molecule has 0 radical (unpaired) electrons. The smallest absolute Gasteiger partial charge is 0.268 e. The molecule has 0 saturated carbocycles. The van der Waals surface area contributed by atoms with Crippen LogP contribution in [-0.2, 0) is 17.8 Å². The van der Waals surface area contributed by atoms with Crippen LogP contribution in [0.3, 0.4) is 0 Å². The monoisotopic (exact) mass is 445 g/mol. The normalized spacial score (nSPS) is 12.0. The Hall–Kier alpha value is -3.91. The third-order valence-corrected chi connectivity index (χ3v) is 5.73. The largest absolute Gasteiger partial charge is 0.394 e. The van der Waals surface area contributed by atoms with E-state index < -0.39 is 5.91 Å². The second-order valence-corrected chi connectivity index (χ2v) is 8.01. The molecule has 8 nitrogen and oxygen atoms in total. The number of carbonyl (C=O) groups excluding carboxylic acids is 2. The zero-order valence-corrected chi connectivity index (χ0v) is 18.2. The van der Waals surface area contributed by atoms with Gasteiger partial charge in [0.2, 0.25) is 5.91 Å². The second-order valence-electron chi connectivity index (χ2n) is 8.01. The lowest BCUT2D eigenvalue weighted by Gasteiger charge is -2.16. The first-order valence-electron chi connectivity index (χ1n) is 10.9. The van der Waals surface area contributed by atoms with E-state index in [1.54, 1.807) is 10.8 Å². The number of imidazole rings is 1. The number of hydrogen-bond donors (Lipinski definition) is 3. The van der Waals surface area contributed by atoms with E-state index >= 15 is 0 Å². The molecule has 8 heteroatoms. The third-order valence-electron chi connectivity index (χ3n) is 5.73. The molecule has 33 heavy (non-hydrogen) atoms. The van der Waals surface area contributed by atoms with E-state index in [4.69, 9.17) is 5.73 Å². The van der Waals surface area contributed by atoms with Crippen molar-refractivity contribution in [2.24, 2.45) is 5.73 Å². The minimum absolute atomic E-state index is 0.0259. The predicted octanol–water partition coefficient (Wildman–Crippen LogP) is 3.13. The first-order valence-corrected chi connectivity index (χ1v) is 10.9. The van der Waals surface area contributed by atoms with Crippen molar-refractivity contribution in [1.29, 1.82) is 0 Å². The molecule has 0 saturated heterocycles. The van der Waals surface area contributed by atoms with Crippen LogP contribution in [0.4, 0.5) is 5.69 Å². The second kappa shape index (κ2) is 10.1. The van der Waals surface area contributed by atoms with Gasteiger partial charge in [-0.25, -0.2) is 4.98 Å². The summed E-state index contributed by atoms with van der Waals surface area (Å²) in [6, 6.07) is 17.6. The molecule has 4 rings (SSSR count). The average molecular weight is 446 g/mol. The van der Waals surface area contributed by atoms with Crippen LogP contribution in [0.25, 0.3) is 10.9 Å². The molecule has 4 aromatic rings. The molecule has 0 spiro atoms. The summed E-state index contributed by atoms with van der Waals surface area (Å²) in [7, 11) is 0. The fourth-order valence-corrected chi connectivity index (χ4v) is 3.87. The number of fused-ring (bicyclic) bond motifs is 1. The zero-order valence-electron chi connectivity index (χ0n) is 18.2. The van der Waals surface area contributed by atoms with Gasteiger partial charge in [-0.2, -0.15) is 0 Å². The number of aromatic nitrogens is 3. The lowest BCUT2D eigenvalue weighted by Crippen LogP contribution is -2.15. The van der Waals surface area contributed by atoms with E-state index in [-0.39, 0.29) is 24.2 Å². The highest BCUT2D eigenvalue weighted by atomic mass is 16.3. The molecule has 2 heterocycles. The first-order chi connectivity index (χ1) is 16.0. The predicted molar refractivity (Wildman–Crippen MR) is 127 cm³/mol. The number of primary amides is 1. The third kappa shape index (κ3) is 5.48. The maximum absolute atomic E-state index is 12.4. The van der Waals surface area contributed by atoms with Crippen LogP contribution in [0.5, 0.6) is 0 Å². The fourth-order valence-electron chi connectivity index (χ4n) is 3.87. The number of carbonyl (C=O) groups is 2. The molecule has 0 aliphatic heterocycles. The lowest BCUT2D eigenvalue weighted by molar-refractivity contribution is -0.116. The number of aliphatic hydroxyl groups is 1. The summed E-state index contributed by atoms with van der Waals surface area (Å²) in [5.41, 5.74) is 8.32. The van der Waals surface area contributed by atoms with Gasteiger partial charge in [0.25, 0.3) is 5.91 Å². The number of amides is 2. The molecule has 2 aromatic carbocycles. The molecule has 0 aliphatic rings. The molecule has 0 bridgehead atoms. The Balaban J connectivity index is 1.40. The van der Waals surface area contributed by atoms with Gasteiger partial charge in [0.1, 0.15) is 5.69 Å². The van der Waals surface area contributed by atoms with Gasteiger partial charge in [-0.3, -0.25) is 9.59 Å². The van der Waals surface area contributed by atoms with E-state index in [1.165, 1.54) is 6.33 Å². The van der Waals surface area contributed by atoms with Crippen LogP contribution in [0, 0.1) is 0 Å². The number of aryl methyl sites for hydroxylation is 2. The number of benzene rings is 2. The highest BCUT2D eigenvalue weighted by Crippen LogP contribution is 2.23. The Kier molecular flexibility index (Phi) is 6.85. The van der Waals surface area contributed by atoms with Crippen molar-refractivity contribution in [3.05, 3.63) is 84.6 Å². The Morgan fingerprint density at radius 3 is 2.67 bits per heavy atom. The fraction of sp³-hybridized carbons (Fsp3) is 0.240. The van der Waals surface area contributed by atoms with E-state index in [0.717, 1.165) is 22.2 Å². The van der Waals surface area contributed by atoms with Crippen molar-refractivity contribution < 1.29 is 14.7 Å². The van der Waals surface area contributed by atoms with Crippen LogP contribution in [0.1, 0.15) is 34.9 Å². The summed E-state index contributed by atoms with van der Waals surface area (Å²) in [4.78, 5) is 27.7. The Morgan fingerprint density at radius 2 is 1.94 bits per heavy atom. The molecular formula is C25H27N5O3. The molecule has 4 N–H and O–H groups in total. The quantitative estimate of drug-likeness (QED) is 0.348. The standard InChI is InChI=1S/C25H27N5O3/c26-25(33)22-15-30(17-27-22)21(16-31)11-13-29-12-10-19-7-8-20(14-23(19)29)28-24(32)9-6-18-4-2-1-3-5-18/h1-5,7-8,10,12,14-15,17,21,31H,6,9,11,13,16H2,(H2,26,33)(H,28,32)/t21-/m1/s1. The number of aliphatic hydroxyl groups excluding tert-OH is 1. The van der Waals surface area contributed by atoms with E-state index in [0.29, 0.717) is 25.8 Å². The van der Waals surface area contributed by atoms with Crippen molar-refractivity contribution in [3.63, 3.8) is 0 Å². The minimum Gasteiger partial charge on any atom is -0.394 e. The molecular weight excluding hydrogens is 418 g/mol. The summed E-state index contributed by atoms with van der Waals surface area (Å²) in [6.45, 7) is 0.556. The molecule has 1 atom stereocenters. The van der Waals surface area contributed by atoms with Gasteiger partial charge in [-0.15, -0.1) is 0 Å². The highest BCUT2D eigenvalue weighted by Gasteiger charge is 2.14. The zero-order chi connectivity index (χ0) is 23.2. The molecule has 0 unspecified atom stereocenters. The Morgan fingerprint density at radius 1 is 1.12 bits per heavy atom. The maximum Gasteiger partial charge on any atom is 0.268 e. The van der Waals surface area contributed by atoms with Crippen LogP contribution >= 0.6 is 0 Å². The van der Waals surface area contributed by atoms with Gasteiger partial charge in [0, 0.05) is 31.0 Å². The van der Waals surface area contributed by atoms with Crippen LogP contribution in [0.15, 0.2) is 73.3 Å². The number of nitrogens with one attached hydrogen (secondary N) is 1. The first kappa shape index (κ1) is 22.3. The lowest BCUT2D eigenvalue weighted by atomic mass is 10.1. The molecule has 0 fully saturated rings. The molecule has 170 valence electrons. The van der Waals surface area contributed by atoms with Crippen molar-refractivity contribution in [3.8, 4) is 0 Å². The summed E-state index contributed by atoms with van der Waals surface area (Å²) >= 11 is 0. The number of rotatable bonds is 10. The SMILES string of the molecule is NC(=O)c1cn([C@@H](CO)CCn2ccc3ccc(NC(=O)CCc4ccccc4)cc32)cn1. The van der Waals surface area contributed by atoms with Crippen molar-refractivity contribution in [2.45, 2.75) is 31.8 Å².